The van der Waals surface area contributed by atoms with Crippen LogP contribution in [-0.4, -0.2) is 43.8 Å². The van der Waals surface area contributed by atoms with Crippen molar-refractivity contribution in [3.63, 3.8) is 0 Å². The number of thioether (sulfide) groups is 1. The Morgan fingerprint density at radius 1 is 1.53 bits per heavy atom. The highest BCUT2D eigenvalue weighted by Crippen LogP contribution is 2.28. The smallest absolute Gasteiger partial charge is 0.176 e. The Morgan fingerprint density at radius 3 is 3.00 bits per heavy atom. The molecular formula is C11H21N5S. The molecule has 1 fully saturated rings. The van der Waals surface area contributed by atoms with Gasteiger partial charge in [0.25, 0.3) is 0 Å². The molecular weight excluding hydrogens is 234 g/mol. The highest BCUT2D eigenvalue weighted by molar-refractivity contribution is 8.00. The first kappa shape index (κ1) is 12.8. The SMILES string of the molecule is CCNC(Cc1nnn(C)n1)C1CCCCS1. The molecule has 1 aliphatic rings. The average Bonchev–Trinajstić information content (AvgIpc) is 2.75. The van der Waals surface area contributed by atoms with Crippen molar-refractivity contribution in [2.24, 2.45) is 7.05 Å². The van der Waals surface area contributed by atoms with Crippen LogP contribution in [0.5, 0.6) is 0 Å². The molecule has 0 bridgehead atoms. The van der Waals surface area contributed by atoms with Crippen LogP contribution in [0.25, 0.3) is 0 Å². The molecule has 0 spiro atoms. The summed E-state index contributed by atoms with van der Waals surface area (Å²) < 4.78 is 0. The zero-order valence-corrected chi connectivity index (χ0v) is 11.4. The van der Waals surface area contributed by atoms with E-state index in [1.165, 1.54) is 29.8 Å². The molecule has 0 saturated carbocycles. The van der Waals surface area contributed by atoms with Crippen molar-refractivity contribution in [3.8, 4) is 0 Å². The molecule has 0 amide bonds. The van der Waals surface area contributed by atoms with Crippen LogP contribution in [0, 0.1) is 0 Å². The van der Waals surface area contributed by atoms with Crippen molar-refractivity contribution in [2.45, 2.75) is 43.9 Å². The third-order valence-corrected chi connectivity index (χ3v) is 4.60. The van der Waals surface area contributed by atoms with Gasteiger partial charge in [-0.15, -0.1) is 10.2 Å². The van der Waals surface area contributed by atoms with Gasteiger partial charge in [-0.05, 0) is 30.4 Å². The molecule has 1 aromatic heterocycles. The van der Waals surface area contributed by atoms with Crippen molar-refractivity contribution >= 4 is 11.8 Å². The lowest BCUT2D eigenvalue weighted by atomic mass is 10.0. The minimum Gasteiger partial charge on any atom is -0.313 e. The van der Waals surface area contributed by atoms with Crippen molar-refractivity contribution in [3.05, 3.63) is 5.82 Å². The highest BCUT2D eigenvalue weighted by atomic mass is 32.2. The van der Waals surface area contributed by atoms with Crippen molar-refractivity contribution < 1.29 is 0 Å². The standard InChI is InChI=1S/C11H21N5S/c1-3-12-9(10-6-4-5-7-17-10)8-11-13-15-16(2)14-11/h9-10,12H,3-8H2,1-2H3. The first-order valence-electron chi connectivity index (χ1n) is 6.37. The number of tetrazole rings is 1. The molecule has 2 atom stereocenters. The third-order valence-electron chi connectivity index (χ3n) is 3.08. The van der Waals surface area contributed by atoms with E-state index in [1.54, 1.807) is 0 Å². The summed E-state index contributed by atoms with van der Waals surface area (Å²) in [5.41, 5.74) is 0. The van der Waals surface area contributed by atoms with Crippen LogP contribution in [0.1, 0.15) is 32.0 Å². The molecule has 0 radical (unpaired) electrons. The molecule has 2 heterocycles. The Bertz CT molecular complexity index is 334. The van der Waals surface area contributed by atoms with Gasteiger partial charge in [-0.1, -0.05) is 13.3 Å². The van der Waals surface area contributed by atoms with Crippen LogP contribution in [0.15, 0.2) is 0 Å². The molecule has 17 heavy (non-hydrogen) atoms. The number of rotatable bonds is 5. The first-order chi connectivity index (χ1) is 8.29. The van der Waals surface area contributed by atoms with Crippen LogP contribution in [0.4, 0.5) is 0 Å². The highest BCUT2D eigenvalue weighted by Gasteiger charge is 2.25. The summed E-state index contributed by atoms with van der Waals surface area (Å²) in [7, 11) is 1.81. The zero-order valence-electron chi connectivity index (χ0n) is 10.6. The third kappa shape index (κ3) is 3.67. The molecule has 2 unspecified atom stereocenters. The minimum absolute atomic E-state index is 0.481. The van der Waals surface area contributed by atoms with Gasteiger partial charge in [0.15, 0.2) is 5.82 Å². The van der Waals surface area contributed by atoms with E-state index in [-0.39, 0.29) is 0 Å². The summed E-state index contributed by atoms with van der Waals surface area (Å²) in [6.07, 6.45) is 4.92. The fraction of sp³-hybridized carbons (Fsp3) is 0.909. The van der Waals surface area contributed by atoms with Crippen LogP contribution in [0.2, 0.25) is 0 Å². The van der Waals surface area contributed by atoms with Gasteiger partial charge < -0.3 is 5.32 Å². The Labute approximate surface area is 107 Å². The monoisotopic (exact) mass is 255 g/mol. The molecule has 1 saturated heterocycles. The van der Waals surface area contributed by atoms with E-state index in [0.29, 0.717) is 11.3 Å². The average molecular weight is 255 g/mol. The van der Waals surface area contributed by atoms with Gasteiger partial charge in [0.1, 0.15) is 0 Å². The summed E-state index contributed by atoms with van der Waals surface area (Å²) in [4.78, 5) is 1.53. The first-order valence-corrected chi connectivity index (χ1v) is 7.42. The summed E-state index contributed by atoms with van der Waals surface area (Å²) >= 11 is 2.09. The fourth-order valence-corrected chi connectivity index (χ4v) is 3.71. The van der Waals surface area contributed by atoms with Crippen molar-refractivity contribution in [1.82, 2.24) is 25.5 Å². The van der Waals surface area contributed by atoms with E-state index in [0.717, 1.165) is 18.8 Å². The number of likely N-dealkylation sites (N-methyl/N-ethyl adjacent to an activating group) is 1. The molecule has 1 aliphatic heterocycles. The van der Waals surface area contributed by atoms with E-state index in [2.05, 4.69) is 39.4 Å². The van der Waals surface area contributed by atoms with Gasteiger partial charge in [0.05, 0.1) is 7.05 Å². The Hall–Kier alpha value is -0.620. The number of nitrogens with zero attached hydrogens (tertiary/aromatic N) is 4. The second kappa shape index (κ2) is 6.35. The lowest BCUT2D eigenvalue weighted by Crippen LogP contribution is -2.41. The Balaban J connectivity index is 1.95. The minimum atomic E-state index is 0.481. The molecule has 6 heteroatoms. The maximum absolute atomic E-state index is 4.27. The summed E-state index contributed by atoms with van der Waals surface area (Å²) in [6.45, 7) is 3.16. The van der Waals surface area contributed by atoms with Gasteiger partial charge in [-0.25, -0.2) is 0 Å². The number of aryl methyl sites for hydroxylation is 1. The van der Waals surface area contributed by atoms with Gasteiger partial charge in [0, 0.05) is 17.7 Å². The zero-order chi connectivity index (χ0) is 12.1. The lowest BCUT2D eigenvalue weighted by Gasteiger charge is -2.29. The topological polar surface area (TPSA) is 55.6 Å². The van der Waals surface area contributed by atoms with Crippen LogP contribution in [-0.2, 0) is 13.5 Å². The molecule has 0 aromatic carbocycles. The lowest BCUT2D eigenvalue weighted by molar-refractivity contribution is 0.463. The molecule has 1 N–H and O–H groups in total. The number of hydrogen-bond donors (Lipinski definition) is 1. The Kier molecular flexibility index (Phi) is 4.79. The van der Waals surface area contributed by atoms with E-state index in [9.17, 15) is 0 Å². The predicted molar refractivity (Wildman–Crippen MR) is 70.1 cm³/mol. The van der Waals surface area contributed by atoms with E-state index < -0.39 is 0 Å². The number of nitrogens with one attached hydrogen (secondary N) is 1. The normalized spacial score (nSPS) is 22.6. The molecule has 5 nitrogen and oxygen atoms in total. The molecule has 1 aromatic rings. The van der Waals surface area contributed by atoms with Crippen molar-refractivity contribution in [2.75, 3.05) is 12.3 Å². The van der Waals surface area contributed by atoms with Crippen molar-refractivity contribution in [1.29, 1.82) is 0 Å². The maximum atomic E-state index is 4.27. The summed E-state index contributed by atoms with van der Waals surface area (Å²) in [6, 6.07) is 0.481. The van der Waals surface area contributed by atoms with E-state index in [4.69, 9.17) is 0 Å². The van der Waals surface area contributed by atoms with Gasteiger partial charge in [-0.2, -0.15) is 16.6 Å². The largest absolute Gasteiger partial charge is 0.313 e. The quantitative estimate of drug-likeness (QED) is 0.851. The van der Waals surface area contributed by atoms with Gasteiger partial charge in [-0.3, -0.25) is 0 Å². The molecule has 0 aliphatic carbocycles. The van der Waals surface area contributed by atoms with E-state index >= 15 is 0 Å². The molecule has 2 rings (SSSR count). The predicted octanol–water partition coefficient (Wildman–Crippen LogP) is 1.02. The number of hydrogen-bond acceptors (Lipinski definition) is 5. The fourth-order valence-electron chi connectivity index (χ4n) is 2.28. The summed E-state index contributed by atoms with van der Waals surface area (Å²) in [5.74, 6) is 2.14. The van der Waals surface area contributed by atoms with Gasteiger partial charge >= 0.3 is 0 Å². The van der Waals surface area contributed by atoms with Crippen LogP contribution < -0.4 is 5.32 Å². The van der Waals surface area contributed by atoms with Crippen LogP contribution >= 0.6 is 11.8 Å². The second-order valence-corrected chi connectivity index (χ2v) is 5.82. The van der Waals surface area contributed by atoms with Gasteiger partial charge in [0.2, 0.25) is 0 Å². The Morgan fingerprint density at radius 2 is 2.41 bits per heavy atom. The van der Waals surface area contributed by atoms with Crippen LogP contribution in [0.3, 0.4) is 0 Å². The number of aromatic nitrogens is 4. The summed E-state index contributed by atoms with van der Waals surface area (Å²) in [5, 5.41) is 16.5. The molecule has 96 valence electrons. The maximum Gasteiger partial charge on any atom is 0.176 e. The second-order valence-electron chi connectivity index (χ2n) is 4.47. The van der Waals surface area contributed by atoms with E-state index in [1.807, 2.05) is 7.05 Å².